The number of nitro benzene ring substituents is 1. The number of nitro groups is 1. The number of ether oxygens (including phenoxy) is 2. The highest BCUT2D eigenvalue weighted by Crippen LogP contribution is 2.37. The normalized spacial score (nSPS) is 10.5. The van der Waals surface area contributed by atoms with Gasteiger partial charge in [-0.05, 0) is 44.9 Å². The van der Waals surface area contributed by atoms with E-state index in [0.717, 1.165) is 10.8 Å². The second-order valence-electron chi connectivity index (χ2n) is 5.59. The molecule has 0 aliphatic carbocycles. The quantitative estimate of drug-likeness (QED) is 0.464. The van der Waals surface area contributed by atoms with E-state index >= 15 is 0 Å². The van der Waals surface area contributed by atoms with Crippen LogP contribution in [0, 0.1) is 10.1 Å². The Morgan fingerprint density at radius 2 is 1.85 bits per heavy atom. The van der Waals surface area contributed by atoms with Crippen LogP contribution < -0.4 is 14.8 Å². The molecule has 0 spiro atoms. The first-order valence-electron chi connectivity index (χ1n) is 7.85. The van der Waals surface area contributed by atoms with Crippen LogP contribution in [-0.4, -0.2) is 25.1 Å². The SMILES string of the molecule is COc1ccc(NC(=O)c2cc3ccccc3c(Br)c2OC)cc1[N+](=O)[O-]. The Morgan fingerprint density at radius 3 is 2.52 bits per heavy atom. The first kappa shape index (κ1) is 18.7. The Kier molecular flexibility index (Phi) is 5.27. The Hall–Kier alpha value is -3.13. The van der Waals surface area contributed by atoms with Gasteiger partial charge in [0.15, 0.2) is 5.75 Å². The number of rotatable bonds is 5. The number of amides is 1. The molecular formula is C19H15BrN2O5. The fourth-order valence-corrected chi connectivity index (χ4v) is 3.50. The summed E-state index contributed by atoms with van der Waals surface area (Å²) in [6, 6.07) is 13.5. The van der Waals surface area contributed by atoms with E-state index in [9.17, 15) is 14.9 Å². The minimum Gasteiger partial charge on any atom is -0.495 e. The Balaban J connectivity index is 2.02. The lowest BCUT2D eigenvalue weighted by Crippen LogP contribution is -2.14. The fraction of sp³-hybridized carbons (Fsp3) is 0.105. The molecule has 0 fully saturated rings. The molecule has 0 unspecified atom stereocenters. The van der Waals surface area contributed by atoms with Crippen LogP contribution in [0.15, 0.2) is 53.0 Å². The zero-order chi connectivity index (χ0) is 19.6. The lowest BCUT2D eigenvalue weighted by molar-refractivity contribution is -0.385. The molecule has 0 saturated carbocycles. The van der Waals surface area contributed by atoms with Crippen LogP contribution >= 0.6 is 15.9 Å². The van der Waals surface area contributed by atoms with Crippen molar-refractivity contribution in [1.82, 2.24) is 0 Å². The summed E-state index contributed by atoms with van der Waals surface area (Å²) in [4.78, 5) is 23.4. The fourth-order valence-electron chi connectivity index (χ4n) is 2.76. The third-order valence-corrected chi connectivity index (χ3v) is 4.81. The summed E-state index contributed by atoms with van der Waals surface area (Å²) in [7, 11) is 2.82. The van der Waals surface area contributed by atoms with Crippen molar-refractivity contribution < 1.29 is 19.2 Å². The van der Waals surface area contributed by atoms with Crippen molar-refractivity contribution in [3.63, 3.8) is 0 Å². The molecule has 1 amide bonds. The van der Waals surface area contributed by atoms with Crippen molar-refractivity contribution in [3.8, 4) is 11.5 Å². The first-order chi connectivity index (χ1) is 13.0. The number of anilines is 1. The lowest BCUT2D eigenvalue weighted by atomic mass is 10.0. The van der Waals surface area contributed by atoms with E-state index < -0.39 is 10.8 Å². The van der Waals surface area contributed by atoms with E-state index in [0.29, 0.717) is 15.8 Å². The molecule has 0 aliphatic rings. The number of fused-ring (bicyclic) bond motifs is 1. The molecule has 0 atom stereocenters. The van der Waals surface area contributed by atoms with Gasteiger partial charge < -0.3 is 14.8 Å². The summed E-state index contributed by atoms with van der Waals surface area (Å²) in [6.45, 7) is 0. The maximum atomic E-state index is 12.8. The van der Waals surface area contributed by atoms with Crippen LogP contribution in [-0.2, 0) is 0 Å². The number of methoxy groups -OCH3 is 2. The second-order valence-corrected chi connectivity index (χ2v) is 6.38. The standard InChI is InChI=1S/C19H15BrN2O5/c1-26-16-8-7-12(10-15(16)22(24)25)21-19(23)14-9-11-5-3-4-6-13(11)17(20)18(14)27-2/h3-10H,1-2H3,(H,21,23). The van der Waals surface area contributed by atoms with Gasteiger partial charge in [0.05, 0.1) is 29.2 Å². The second kappa shape index (κ2) is 7.63. The van der Waals surface area contributed by atoms with Gasteiger partial charge in [0.1, 0.15) is 5.75 Å². The molecule has 0 aliphatic heterocycles. The smallest absolute Gasteiger partial charge is 0.312 e. The van der Waals surface area contributed by atoms with Crippen LogP contribution in [0.4, 0.5) is 11.4 Å². The summed E-state index contributed by atoms with van der Waals surface area (Å²) in [5.41, 5.74) is 0.349. The zero-order valence-electron chi connectivity index (χ0n) is 14.5. The third-order valence-electron chi connectivity index (χ3n) is 4.02. The molecule has 27 heavy (non-hydrogen) atoms. The summed E-state index contributed by atoms with van der Waals surface area (Å²) in [5, 5.41) is 15.6. The Labute approximate surface area is 163 Å². The Morgan fingerprint density at radius 1 is 1.11 bits per heavy atom. The van der Waals surface area contributed by atoms with Crippen LogP contribution in [0.1, 0.15) is 10.4 Å². The maximum absolute atomic E-state index is 12.8. The average Bonchev–Trinajstić information content (AvgIpc) is 2.67. The predicted octanol–water partition coefficient (Wildman–Crippen LogP) is 4.78. The highest BCUT2D eigenvalue weighted by molar-refractivity contribution is 9.10. The van der Waals surface area contributed by atoms with Gasteiger partial charge in [-0.1, -0.05) is 24.3 Å². The Bertz CT molecular complexity index is 1050. The summed E-state index contributed by atoms with van der Waals surface area (Å²) < 4.78 is 11.0. The predicted molar refractivity (Wildman–Crippen MR) is 106 cm³/mol. The molecule has 0 heterocycles. The van der Waals surface area contributed by atoms with Crippen LogP contribution in [0.5, 0.6) is 11.5 Å². The lowest BCUT2D eigenvalue weighted by Gasteiger charge is -2.14. The monoisotopic (exact) mass is 430 g/mol. The van der Waals surface area contributed by atoms with Gasteiger partial charge in [0.25, 0.3) is 5.91 Å². The van der Waals surface area contributed by atoms with E-state index in [4.69, 9.17) is 9.47 Å². The maximum Gasteiger partial charge on any atom is 0.312 e. The van der Waals surface area contributed by atoms with Gasteiger partial charge in [-0.25, -0.2) is 0 Å². The molecule has 3 aromatic rings. The number of carbonyl (C=O) groups excluding carboxylic acids is 1. The number of hydrogen-bond acceptors (Lipinski definition) is 5. The van der Waals surface area contributed by atoms with Crippen molar-refractivity contribution in [2.75, 3.05) is 19.5 Å². The van der Waals surface area contributed by atoms with Gasteiger partial charge in [-0.3, -0.25) is 14.9 Å². The first-order valence-corrected chi connectivity index (χ1v) is 8.64. The largest absolute Gasteiger partial charge is 0.495 e. The van der Waals surface area contributed by atoms with Gasteiger partial charge in [0.2, 0.25) is 0 Å². The number of benzene rings is 3. The summed E-state index contributed by atoms with van der Waals surface area (Å²) in [6.07, 6.45) is 0. The van der Waals surface area contributed by atoms with E-state index in [-0.39, 0.29) is 17.1 Å². The molecule has 1 N–H and O–H groups in total. The minimum absolute atomic E-state index is 0.115. The zero-order valence-corrected chi connectivity index (χ0v) is 16.1. The van der Waals surface area contributed by atoms with E-state index in [1.165, 1.54) is 32.4 Å². The number of halogens is 1. The third kappa shape index (κ3) is 3.56. The van der Waals surface area contributed by atoms with Crippen molar-refractivity contribution in [2.24, 2.45) is 0 Å². The van der Waals surface area contributed by atoms with Gasteiger partial charge in [-0.15, -0.1) is 0 Å². The van der Waals surface area contributed by atoms with Crippen molar-refractivity contribution in [3.05, 3.63) is 68.7 Å². The average molecular weight is 431 g/mol. The molecule has 3 aromatic carbocycles. The van der Waals surface area contributed by atoms with Crippen LogP contribution in [0.25, 0.3) is 10.8 Å². The number of carbonyl (C=O) groups is 1. The number of nitrogens with one attached hydrogen (secondary N) is 1. The minimum atomic E-state index is -0.568. The summed E-state index contributed by atoms with van der Waals surface area (Å²) in [5.74, 6) is 0.0519. The highest BCUT2D eigenvalue weighted by Gasteiger charge is 2.20. The highest BCUT2D eigenvalue weighted by atomic mass is 79.9. The number of hydrogen-bond donors (Lipinski definition) is 1. The van der Waals surface area contributed by atoms with Gasteiger partial charge in [-0.2, -0.15) is 0 Å². The molecule has 3 rings (SSSR count). The molecule has 0 bridgehead atoms. The number of nitrogens with zero attached hydrogens (tertiary/aromatic N) is 1. The molecule has 8 heteroatoms. The molecule has 138 valence electrons. The van der Waals surface area contributed by atoms with Crippen molar-refractivity contribution >= 4 is 44.0 Å². The van der Waals surface area contributed by atoms with E-state index in [2.05, 4.69) is 21.2 Å². The van der Waals surface area contributed by atoms with Gasteiger partial charge in [0, 0.05) is 11.8 Å². The molecule has 0 aromatic heterocycles. The summed E-state index contributed by atoms with van der Waals surface area (Å²) >= 11 is 3.49. The molecule has 7 nitrogen and oxygen atoms in total. The van der Waals surface area contributed by atoms with Crippen LogP contribution in [0.3, 0.4) is 0 Å². The van der Waals surface area contributed by atoms with Crippen molar-refractivity contribution in [1.29, 1.82) is 0 Å². The van der Waals surface area contributed by atoms with Gasteiger partial charge >= 0.3 is 5.69 Å². The molecule has 0 radical (unpaired) electrons. The van der Waals surface area contributed by atoms with E-state index in [1.807, 2.05) is 24.3 Å². The topological polar surface area (TPSA) is 90.7 Å². The molecular weight excluding hydrogens is 416 g/mol. The van der Waals surface area contributed by atoms with Crippen molar-refractivity contribution in [2.45, 2.75) is 0 Å². The molecule has 0 saturated heterocycles. The van der Waals surface area contributed by atoms with Crippen LogP contribution in [0.2, 0.25) is 0 Å². The van der Waals surface area contributed by atoms with E-state index in [1.54, 1.807) is 6.07 Å².